The highest BCUT2D eigenvalue weighted by molar-refractivity contribution is 5.32. The van der Waals surface area contributed by atoms with E-state index in [4.69, 9.17) is 0 Å². The Balaban J connectivity index is 1.42. The van der Waals surface area contributed by atoms with Crippen LogP contribution < -0.4 is 5.32 Å². The van der Waals surface area contributed by atoms with E-state index < -0.39 is 0 Å². The largest absolute Gasteiger partial charge is 0.301 e. The summed E-state index contributed by atoms with van der Waals surface area (Å²) in [5, 5.41) is 3.91. The van der Waals surface area contributed by atoms with Crippen LogP contribution in [0.2, 0.25) is 0 Å². The van der Waals surface area contributed by atoms with E-state index in [1.165, 1.54) is 56.3 Å². The summed E-state index contributed by atoms with van der Waals surface area (Å²) >= 11 is 0. The maximum atomic E-state index is 3.91. The molecule has 1 aliphatic carbocycles. The molecule has 2 fully saturated rings. The van der Waals surface area contributed by atoms with Gasteiger partial charge in [0.05, 0.1) is 6.04 Å². The molecule has 0 unspecified atom stereocenters. The second-order valence-electron chi connectivity index (χ2n) is 7.36. The number of likely N-dealkylation sites (tertiary alicyclic amines) is 1. The van der Waals surface area contributed by atoms with Crippen LogP contribution in [0.1, 0.15) is 49.3 Å². The minimum absolute atomic E-state index is 0.297. The maximum Gasteiger partial charge on any atom is 0.0579 e. The van der Waals surface area contributed by atoms with Crippen LogP contribution in [-0.2, 0) is 0 Å². The molecule has 2 nitrogen and oxygen atoms in total. The fourth-order valence-corrected chi connectivity index (χ4v) is 4.27. The minimum Gasteiger partial charge on any atom is -0.301 e. The topological polar surface area (TPSA) is 15.3 Å². The number of hydrogen-bond acceptors (Lipinski definition) is 2. The molecule has 0 spiro atoms. The summed E-state index contributed by atoms with van der Waals surface area (Å²) in [4.78, 5) is 2.70. The van der Waals surface area contributed by atoms with Crippen LogP contribution in [0.5, 0.6) is 0 Å². The van der Waals surface area contributed by atoms with Gasteiger partial charge in [-0.05, 0) is 24.0 Å². The first-order chi connectivity index (χ1) is 11.9. The van der Waals surface area contributed by atoms with Gasteiger partial charge in [-0.25, -0.2) is 0 Å². The molecule has 1 aliphatic heterocycles. The maximum absolute atomic E-state index is 3.91. The van der Waals surface area contributed by atoms with Crippen LogP contribution in [0, 0.1) is 0 Å². The third-order valence-corrected chi connectivity index (χ3v) is 5.67. The molecule has 2 aliphatic rings. The van der Waals surface area contributed by atoms with Gasteiger partial charge >= 0.3 is 0 Å². The van der Waals surface area contributed by atoms with Gasteiger partial charge in [0.2, 0.25) is 0 Å². The molecule has 1 N–H and O–H groups in total. The lowest BCUT2D eigenvalue weighted by molar-refractivity contribution is 0.0530. The summed E-state index contributed by atoms with van der Waals surface area (Å²) in [6, 6.07) is 23.5. The Morgan fingerprint density at radius 2 is 1.29 bits per heavy atom. The average molecular weight is 320 g/mol. The van der Waals surface area contributed by atoms with E-state index in [0.29, 0.717) is 12.1 Å². The summed E-state index contributed by atoms with van der Waals surface area (Å²) in [5.74, 6) is 0. The van der Waals surface area contributed by atoms with Gasteiger partial charge < -0.3 is 5.32 Å². The zero-order valence-corrected chi connectivity index (χ0v) is 14.4. The van der Waals surface area contributed by atoms with Gasteiger partial charge in [-0.15, -0.1) is 0 Å². The zero-order chi connectivity index (χ0) is 16.2. The van der Waals surface area contributed by atoms with Gasteiger partial charge in [-0.3, -0.25) is 4.90 Å². The van der Waals surface area contributed by atoms with Crippen LogP contribution in [0.25, 0.3) is 0 Å². The molecule has 1 heterocycles. The van der Waals surface area contributed by atoms with Crippen molar-refractivity contribution in [1.82, 2.24) is 10.2 Å². The highest BCUT2D eigenvalue weighted by atomic mass is 15.3. The molecule has 0 radical (unpaired) electrons. The summed E-state index contributed by atoms with van der Waals surface area (Å²) < 4.78 is 0. The number of benzene rings is 2. The van der Waals surface area contributed by atoms with Crippen molar-refractivity contribution in [3.63, 3.8) is 0 Å². The molecule has 2 aromatic rings. The van der Waals surface area contributed by atoms with Crippen molar-refractivity contribution in [2.24, 2.45) is 0 Å². The Morgan fingerprint density at radius 1 is 0.750 bits per heavy atom. The van der Waals surface area contributed by atoms with E-state index in [9.17, 15) is 0 Å². The predicted molar refractivity (Wildman–Crippen MR) is 100 cm³/mol. The van der Waals surface area contributed by atoms with Crippen molar-refractivity contribution in [3.8, 4) is 0 Å². The second-order valence-corrected chi connectivity index (χ2v) is 7.36. The van der Waals surface area contributed by atoms with Crippen molar-refractivity contribution < 1.29 is 0 Å². The molecule has 24 heavy (non-hydrogen) atoms. The second kappa shape index (κ2) is 7.50. The van der Waals surface area contributed by atoms with Gasteiger partial charge in [0.15, 0.2) is 0 Å². The van der Waals surface area contributed by atoms with E-state index in [2.05, 4.69) is 70.9 Å². The fourth-order valence-electron chi connectivity index (χ4n) is 4.27. The molecule has 2 heteroatoms. The van der Waals surface area contributed by atoms with Gasteiger partial charge in [-0.1, -0.05) is 79.9 Å². The Hall–Kier alpha value is -1.64. The number of hydrogen-bond donors (Lipinski definition) is 1. The highest BCUT2D eigenvalue weighted by Gasteiger charge is 2.34. The van der Waals surface area contributed by atoms with Crippen LogP contribution >= 0.6 is 0 Å². The van der Waals surface area contributed by atoms with Crippen LogP contribution in [0.3, 0.4) is 0 Å². The molecule has 2 aromatic carbocycles. The van der Waals surface area contributed by atoms with Crippen molar-refractivity contribution >= 4 is 0 Å². The molecule has 0 bridgehead atoms. The van der Waals surface area contributed by atoms with Gasteiger partial charge in [0, 0.05) is 25.2 Å². The highest BCUT2D eigenvalue weighted by Crippen LogP contribution is 2.28. The molecular weight excluding hydrogens is 292 g/mol. The van der Waals surface area contributed by atoms with Crippen LogP contribution in [-0.4, -0.2) is 30.1 Å². The third kappa shape index (κ3) is 3.55. The predicted octanol–water partition coefficient (Wildman–Crippen LogP) is 4.38. The van der Waals surface area contributed by atoms with E-state index in [-0.39, 0.29) is 0 Å². The lowest BCUT2D eigenvalue weighted by atomic mass is 9.90. The average Bonchev–Trinajstić information content (AvgIpc) is 2.63. The van der Waals surface area contributed by atoms with E-state index in [0.717, 1.165) is 6.04 Å². The standard InChI is InChI=1S/C22H28N2/c1-4-10-18(11-5-1)22(19-12-6-2-7-13-19)23-20-16-24(17-20)21-14-8-3-9-15-21/h1-2,4-7,10-13,20-23H,3,8-9,14-17H2. The number of nitrogens with one attached hydrogen (secondary N) is 1. The molecule has 0 amide bonds. The Morgan fingerprint density at radius 3 is 1.83 bits per heavy atom. The van der Waals surface area contributed by atoms with Crippen LogP contribution in [0.4, 0.5) is 0 Å². The number of nitrogens with zero attached hydrogens (tertiary/aromatic N) is 1. The summed E-state index contributed by atoms with van der Waals surface area (Å²) in [6.07, 6.45) is 7.11. The lowest BCUT2D eigenvalue weighted by Gasteiger charge is -2.47. The normalized spacial score (nSPS) is 20.2. The molecule has 4 rings (SSSR count). The first-order valence-electron chi connectivity index (χ1n) is 9.50. The minimum atomic E-state index is 0.297. The SMILES string of the molecule is c1ccc(C(NC2CN(C3CCCCC3)C2)c2ccccc2)cc1. The first kappa shape index (κ1) is 15.9. The van der Waals surface area contributed by atoms with Gasteiger partial charge in [-0.2, -0.15) is 0 Å². The van der Waals surface area contributed by atoms with Crippen molar-refractivity contribution in [1.29, 1.82) is 0 Å². The Labute approximate surface area is 145 Å². The van der Waals surface area contributed by atoms with Crippen molar-refractivity contribution in [3.05, 3.63) is 71.8 Å². The third-order valence-electron chi connectivity index (χ3n) is 5.67. The monoisotopic (exact) mass is 320 g/mol. The summed E-state index contributed by atoms with van der Waals surface area (Å²) in [5.41, 5.74) is 2.72. The summed E-state index contributed by atoms with van der Waals surface area (Å²) in [6.45, 7) is 2.42. The first-order valence-corrected chi connectivity index (χ1v) is 9.50. The molecule has 126 valence electrons. The molecule has 1 saturated heterocycles. The smallest absolute Gasteiger partial charge is 0.0579 e. The van der Waals surface area contributed by atoms with Crippen LogP contribution in [0.15, 0.2) is 60.7 Å². The summed E-state index contributed by atoms with van der Waals surface area (Å²) in [7, 11) is 0. The number of rotatable bonds is 5. The van der Waals surface area contributed by atoms with Gasteiger partial charge in [0.1, 0.15) is 0 Å². The fraction of sp³-hybridized carbons (Fsp3) is 0.455. The Kier molecular flexibility index (Phi) is 4.96. The zero-order valence-electron chi connectivity index (χ0n) is 14.4. The van der Waals surface area contributed by atoms with Crippen molar-refractivity contribution in [2.45, 2.75) is 50.2 Å². The quantitative estimate of drug-likeness (QED) is 0.879. The van der Waals surface area contributed by atoms with Gasteiger partial charge in [0.25, 0.3) is 0 Å². The van der Waals surface area contributed by atoms with E-state index >= 15 is 0 Å². The lowest BCUT2D eigenvalue weighted by Crippen LogP contribution is -2.61. The molecule has 1 saturated carbocycles. The van der Waals surface area contributed by atoms with E-state index in [1.54, 1.807) is 0 Å². The molecule has 0 atom stereocenters. The molecule has 0 aromatic heterocycles. The molecular formula is C22H28N2. The Bertz CT molecular complexity index is 573. The van der Waals surface area contributed by atoms with Crippen molar-refractivity contribution in [2.75, 3.05) is 13.1 Å². The van der Waals surface area contributed by atoms with E-state index in [1.807, 2.05) is 0 Å².